The van der Waals surface area contributed by atoms with Gasteiger partial charge in [0.1, 0.15) is 13.2 Å². The van der Waals surface area contributed by atoms with Gasteiger partial charge in [0.05, 0.1) is 39.9 Å². The highest BCUT2D eigenvalue weighted by atomic mass is 31.2. The van der Waals surface area contributed by atoms with Crippen molar-refractivity contribution in [3.63, 3.8) is 0 Å². The molecular formula is C51H103N2O6P. The van der Waals surface area contributed by atoms with Gasteiger partial charge in [0.2, 0.25) is 5.91 Å². The molecule has 3 atom stereocenters. The Hall–Kier alpha value is -0.760. The van der Waals surface area contributed by atoms with Crippen molar-refractivity contribution in [3.05, 3.63) is 12.2 Å². The topological polar surface area (TPSA) is 108 Å². The first kappa shape index (κ1) is 59.2. The van der Waals surface area contributed by atoms with Gasteiger partial charge in [-0.1, -0.05) is 225 Å². The summed E-state index contributed by atoms with van der Waals surface area (Å²) >= 11 is 0. The summed E-state index contributed by atoms with van der Waals surface area (Å²) in [5.41, 5.74) is 0. The number of likely N-dealkylation sites (N-methyl/N-ethyl adjacent to an activating group) is 1. The maximum atomic E-state index is 12.9. The molecule has 0 fully saturated rings. The first-order valence-electron chi connectivity index (χ1n) is 26.0. The molecule has 0 spiro atoms. The van der Waals surface area contributed by atoms with Crippen LogP contribution in [-0.2, 0) is 18.4 Å². The summed E-state index contributed by atoms with van der Waals surface area (Å²) in [6.45, 7) is 4.74. The number of phosphoric acid groups is 1. The lowest BCUT2D eigenvalue weighted by molar-refractivity contribution is -0.870. The number of hydrogen-bond acceptors (Lipinski definition) is 6. The predicted molar refractivity (Wildman–Crippen MR) is 256 cm³/mol. The molecule has 0 aromatic rings. The van der Waals surface area contributed by atoms with E-state index in [4.69, 9.17) is 9.05 Å². The standard InChI is InChI=1S/C51H103N2O6P/c1-6-8-10-12-14-16-18-20-21-22-23-24-25-26-27-28-29-30-31-33-35-37-39-41-43-45-51(55)52-49(48-59-60(56,57)58-47-46-53(3,4)5)50(54)44-42-40-38-36-34-32-19-17-15-13-11-9-7-2/h26-27,49-50,54H,6-25,28-48H2,1-5H3,(H-,52,55,56,57)/b27-26-. The first-order valence-corrected chi connectivity index (χ1v) is 27.5. The SMILES string of the molecule is CCCCCCCCCCCCCC/C=C\CCCCCCCCCCCC(=O)NC(COP(=O)([O-])OCC[N+](C)(C)C)C(O)CCCCCCCCCCCCCCC. The van der Waals surface area contributed by atoms with Crippen molar-refractivity contribution in [2.24, 2.45) is 0 Å². The lowest BCUT2D eigenvalue weighted by atomic mass is 10.0. The maximum absolute atomic E-state index is 12.9. The van der Waals surface area contributed by atoms with E-state index in [0.717, 1.165) is 38.5 Å². The molecule has 8 nitrogen and oxygen atoms in total. The summed E-state index contributed by atoms with van der Waals surface area (Å²) in [5, 5.41) is 13.9. The van der Waals surface area contributed by atoms with E-state index in [-0.39, 0.29) is 19.1 Å². The summed E-state index contributed by atoms with van der Waals surface area (Å²) in [6, 6.07) is -0.797. The Morgan fingerprint density at radius 2 is 0.917 bits per heavy atom. The van der Waals surface area contributed by atoms with Crippen molar-refractivity contribution in [3.8, 4) is 0 Å². The minimum absolute atomic E-state index is 0.0139. The number of quaternary nitrogens is 1. The minimum Gasteiger partial charge on any atom is -0.756 e. The fourth-order valence-electron chi connectivity index (χ4n) is 7.86. The van der Waals surface area contributed by atoms with Gasteiger partial charge in [-0.3, -0.25) is 9.36 Å². The second-order valence-corrected chi connectivity index (χ2v) is 20.6. The van der Waals surface area contributed by atoms with Gasteiger partial charge in [0, 0.05) is 6.42 Å². The normalized spacial score (nSPS) is 14.2. The molecule has 60 heavy (non-hydrogen) atoms. The minimum atomic E-state index is -4.56. The molecule has 0 saturated heterocycles. The number of hydrogen-bond donors (Lipinski definition) is 2. The second kappa shape index (κ2) is 43.5. The number of rotatable bonds is 48. The summed E-state index contributed by atoms with van der Waals surface area (Å²) in [4.78, 5) is 25.4. The van der Waals surface area contributed by atoms with E-state index in [1.54, 1.807) is 0 Å². The molecule has 9 heteroatoms. The quantitative estimate of drug-likeness (QED) is 0.0273. The van der Waals surface area contributed by atoms with Gasteiger partial charge in [0.15, 0.2) is 0 Å². The van der Waals surface area contributed by atoms with E-state index in [0.29, 0.717) is 23.9 Å². The zero-order chi connectivity index (χ0) is 44.3. The summed E-state index contributed by atoms with van der Waals surface area (Å²) in [5.74, 6) is -0.164. The number of nitrogens with one attached hydrogen (secondary N) is 1. The molecule has 0 aliphatic rings. The molecule has 0 aliphatic carbocycles. The van der Waals surface area contributed by atoms with Gasteiger partial charge in [-0.2, -0.15) is 0 Å². The molecule has 358 valence electrons. The van der Waals surface area contributed by atoms with Crippen LogP contribution in [-0.4, -0.2) is 68.5 Å². The second-order valence-electron chi connectivity index (χ2n) is 19.2. The van der Waals surface area contributed by atoms with E-state index in [2.05, 4.69) is 31.3 Å². The Bertz CT molecular complexity index is 989. The number of phosphoric ester groups is 1. The van der Waals surface area contributed by atoms with Crippen molar-refractivity contribution >= 4 is 13.7 Å². The average molecular weight is 871 g/mol. The number of allylic oxidation sites excluding steroid dienone is 2. The van der Waals surface area contributed by atoms with Crippen molar-refractivity contribution in [2.45, 2.75) is 270 Å². The number of aliphatic hydroxyl groups is 1. The largest absolute Gasteiger partial charge is 0.756 e. The van der Waals surface area contributed by atoms with E-state index in [1.807, 2.05) is 21.1 Å². The third kappa shape index (κ3) is 45.3. The van der Waals surface area contributed by atoms with Crippen LogP contribution in [0.3, 0.4) is 0 Å². The van der Waals surface area contributed by atoms with Crippen LogP contribution in [0.5, 0.6) is 0 Å². The van der Waals surface area contributed by atoms with Crippen LogP contribution in [0.1, 0.15) is 258 Å². The molecule has 2 N–H and O–H groups in total. The monoisotopic (exact) mass is 871 g/mol. The van der Waals surface area contributed by atoms with Crippen molar-refractivity contribution in [1.29, 1.82) is 0 Å². The van der Waals surface area contributed by atoms with E-state index < -0.39 is 20.0 Å². The zero-order valence-corrected chi connectivity index (χ0v) is 41.6. The highest BCUT2D eigenvalue weighted by Crippen LogP contribution is 2.38. The molecule has 0 saturated carbocycles. The van der Waals surface area contributed by atoms with Crippen LogP contribution in [0.15, 0.2) is 12.2 Å². The van der Waals surface area contributed by atoms with Gasteiger partial charge < -0.3 is 28.8 Å². The van der Waals surface area contributed by atoms with Crippen LogP contribution in [0, 0.1) is 0 Å². The smallest absolute Gasteiger partial charge is 0.268 e. The number of carbonyl (C=O) groups is 1. The van der Waals surface area contributed by atoms with Crippen molar-refractivity contribution in [1.82, 2.24) is 5.32 Å². The highest BCUT2D eigenvalue weighted by Gasteiger charge is 2.24. The van der Waals surface area contributed by atoms with E-state index in [1.165, 1.54) is 193 Å². The fraction of sp³-hybridized carbons (Fsp3) is 0.941. The molecule has 0 rings (SSSR count). The van der Waals surface area contributed by atoms with Crippen molar-refractivity contribution < 1.29 is 32.9 Å². The molecule has 0 radical (unpaired) electrons. The van der Waals surface area contributed by atoms with Gasteiger partial charge in [-0.05, 0) is 38.5 Å². The van der Waals surface area contributed by atoms with Gasteiger partial charge in [-0.25, -0.2) is 0 Å². The molecule has 0 bridgehead atoms. The molecule has 0 heterocycles. The van der Waals surface area contributed by atoms with Crippen LogP contribution < -0.4 is 10.2 Å². The molecule has 0 aliphatic heterocycles. The Balaban J connectivity index is 4.14. The molecule has 0 aromatic heterocycles. The summed E-state index contributed by atoms with van der Waals surface area (Å²) in [6.07, 6.45) is 50.9. The van der Waals surface area contributed by atoms with E-state index >= 15 is 0 Å². The lowest BCUT2D eigenvalue weighted by Gasteiger charge is -2.30. The van der Waals surface area contributed by atoms with Crippen LogP contribution in [0.4, 0.5) is 0 Å². The Labute approximate surface area is 373 Å². The number of carbonyl (C=O) groups excluding carboxylic acids is 1. The number of unbranched alkanes of at least 4 members (excludes halogenated alkanes) is 33. The third-order valence-electron chi connectivity index (χ3n) is 12.0. The van der Waals surface area contributed by atoms with Crippen LogP contribution in [0.2, 0.25) is 0 Å². The number of aliphatic hydroxyl groups excluding tert-OH is 1. The van der Waals surface area contributed by atoms with Crippen LogP contribution in [0.25, 0.3) is 0 Å². The van der Waals surface area contributed by atoms with Gasteiger partial charge >= 0.3 is 0 Å². The fourth-order valence-corrected chi connectivity index (χ4v) is 8.58. The van der Waals surface area contributed by atoms with Gasteiger partial charge in [-0.15, -0.1) is 0 Å². The maximum Gasteiger partial charge on any atom is 0.268 e. The molecular weight excluding hydrogens is 768 g/mol. The average Bonchev–Trinajstić information content (AvgIpc) is 3.20. The van der Waals surface area contributed by atoms with E-state index in [9.17, 15) is 19.4 Å². The number of nitrogens with zero attached hydrogens (tertiary/aromatic N) is 1. The molecule has 3 unspecified atom stereocenters. The predicted octanol–water partition coefficient (Wildman–Crippen LogP) is 14.5. The molecule has 0 aromatic carbocycles. The third-order valence-corrected chi connectivity index (χ3v) is 13.0. The summed E-state index contributed by atoms with van der Waals surface area (Å²) in [7, 11) is 1.31. The zero-order valence-electron chi connectivity index (χ0n) is 40.7. The number of amides is 1. The van der Waals surface area contributed by atoms with Crippen LogP contribution >= 0.6 is 7.82 Å². The first-order chi connectivity index (χ1) is 29.0. The van der Waals surface area contributed by atoms with Crippen molar-refractivity contribution in [2.75, 3.05) is 40.9 Å². The Morgan fingerprint density at radius 1 is 0.567 bits per heavy atom. The Kier molecular flexibility index (Phi) is 42.9. The van der Waals surface area contributed by atoms with Gasteiger partial charge in [0.25, 0.3) is 7.82 Å². The highest BCUT2D eigenvalue weighted by molar-refractivity contribution is 7.45. The summed E-state index contributed by atoms with van der Waals surface area (Å²) < 4.78 is 23.3. The molecule has 1 amide bonds. The Morgan fingerprint density at radius 3 is 1.30 bits per heavy atom. The lowest BCUT2D eigenvalue weighted by Crippen LogP contribution is -2.46.